The van der Waals surface area contributed by atoms with Crippen molar-refractivity contribution in [2.45, 2.75) is 25.9 Å². The summed E-state index contributed by atoms with van der Waals surface area (Å²) in [7, 11) is 1.58. The van der Waals surface area contributed by atoms with Gasteiger partial charge in [0.25, 0.3) is 0 Å². The molecular weight excluding hydrogens is 279 g/mol. The van der Waals surface area contributed by atoms with Crippen molar-refractivity contribution in [3.63, 3.8) is 0 Å². The molecule has 0 aromatic rings. The van der Waals surface area contributed by atoms with Crippen molar-refractivity contribution >= 4 is 23.1 Å². The van der Waals surface area contributed by atoms with Crippen molar-refractivity contribution in [1.82, 2.24) is 9.80 Å². The Morgan fingerprint density at radius 3 is 2.26 bits per heavy atom. The van der Waals surface area contributed by atoms with E-state index in [1.165, 1.54) is 9.80 Å². The predicted molar refractivity (Wildman–Crippen MR) is 71.8 cm³/mol. The van der Waals surface area contributed by atoms with Gasteiger partial charge < -0.3 is 10.6 Å². The van der Waals surface area contributed by atoms with Crippen molar-refractivity contribution < 1.29 is 18.0 Å². The number of rotatable bonds is 8. The number of hydrogen-bond donors (Lipinski definition) is 1. The molecule has 0 rings (SSSR count). The molecule has 0 atom stereocenters. The van der Waals surface area contributed by atoms with Crippen molar-refractivity contribution in [3.05, 3.63) is 0 Å². The second kappa shape index (κ2) is 8.31. The zero-order chi connectivity index (χ0) is 15.1. The molecule has 0 aliphatic heterocycles. The largest absolute Gasteiger partial charge is 0.401 e. The van der Waals surface area contributed by atoms with E-state index in [0.29, 0.717) is 18.0 Å². The third kappa shape index (κ3) is 9.66. The summed E-state index contributed by atoms with van der Waals surface area (Å²) < 4.78 is 36.7. The van der Waals surface area contributed by atoms with E-state index in [9.17, 15) is 18.0 Å². The number of nitrogens with zero attached hydrogens (tertiary/aromatic N) is 2. The molecule has 2 N–H and O–H groups in total. The van der Waals surface area contributed by atoms with Gasteiger partial charge in [-0.05, 0) is 6.54 Å². The fourth-order valence-corrected chi connectivity index (χ4v) is 1.54. The molecule has 0 fully saturated rings. The monoisotopic (exact) mass is 299 g/mol. The number of alkyl halides is 3. The topological polar surface area (TPSA) is 49.6 Å². The van der Waals surface area contributed by atoms with E-state index in [1.807, 2.05) is 0 Å². The van der Waals surface area contributed by atoms with Crippen LogP contribution in [0.15, 0.2) is 0 Å². The van der Waals surface area contributed by atoms with Gasteiger partial charge in [0.1, 0.15) is 0 Å². The maximum Gasteiger partial charge on any atom is 0.401 e. The van der Waals surface area contributed by atoms with Crippen LogP contribution in [-0.2, 0) is 4.79 Å². The summed E-state index contributed by atoms with van der Waals surface area (Å²) in [5.41, 5.74) is 5.31. The smallest absolute Gasteiger partial charge is 0.393 e. The third-order valence-electron chi connectivity index (χ3n) is 2.61. The Morgan fingerprint density at radius 1 is 1.26 bits per heavy atom. The molecule has 8 heteroatoms. The first-order chi connectivity index (χ1) is 8.65. The SMILES string of the molecule is CCN(CCC(=O)N(C)CCC(N)=S)CC(F)(F)F. The van der Waals surface area contributed by atoms with E-state index in [2.05, 4.69) is 0 Å². The van der Waals surface area contributed by atoms with Crippen molar-refractivity contribution in [2.24, 2.45) is 5.73 Å². The summed E-state index contributed by atoms with van der Waals surface area (Å²) in [4.78, 5) is 14.6. The Kier molecular flexibility index (Phi) is 7.93. The molecule has 0 radical (unpaired) electrons. The zero-order valence-corrected chi connectivity index (χ0v) is 12.0. The fraction of sp³-hybridized carbons (Fsp3) is 0.818. The Hall–Kier alpha value is -0.890. The Labute approximate surface area is 116 Å². The van der Waals surface area contributed by atoms with Crippen LogP contribution in [0.1, 0.15) is 19.8 Å². The number of hydrogen-bond acceptors (Lipinski definition) is 3. The first-order valence-corrected chi connectivity index (χ1v) is 6.38. The van der Waals surface area contributed by atoms with Crippen LogP contribution in [0.5, 0.6) is 0 Å². The highest BCUT2D eigenvalue weighted by Gasteiger charge is 2.30. The zero-order valence-electron chi connectivity index (χ0n) is 11.2. The molecule has 4 nitrogen and oxygen atoms in total. The summed E-state index contributed by atoms with van der Waals surface area (Å²) in [6.45, 7) is 1.37. The van der Waals surface area contributed by atoms with E-state index in [0.717, 1.165) is 0 Å². The van der Waals surface area contributed by atoms with Gasteiger partial charge in [0.2, 0.25) is 5.91 Å². The van der Waals surface area contributed by atoms with Crippen LogP contribution in [0.2, 0.25) is 0 Å². The number of thiocarbonyl (C=S) groups is 1. The molecule has 0 unspecified atom stereocenters. The lowest BCUT2D eigenvalue weighted by Gasteiger charge is -2.23. The average Bonchev–Trinajstić information content (AvgIpc) is 2.29. The maximum atomic E-state index is 12.2. The summed E-state index contributed by atoms with van der Waals surface area (Å²) in [6, 6.07) is 0. The molecule has 0 aromatic heterocycles. The summed E-state index contributed by atoms with van der Waals surface area (Å²) >= 11 is 4.69. The van der Waals surface area contributed by atoms with Crippen LogP contribution < -0.4 is 5.73 Å². The van der Waals surface area contributed by atoms with Crippen LogP contribution in [0.4, 0.5) is 13.2 Å². The third-order valence-corrected chi connectivity index (χ3v) is 2.82. The van der Waals surface area contributed by atoms with Crippen molar-refractivity contribution in [2.75, 3.05) is 33.2 Å². The van der Waals surface area contributed by atoms with Gasteiger partial charge in [-0.2, -0.15) is 13.2 Å². The molecule has 112 valence electrons. The summed E-state index contributed by atoms with van der Waals surface area (Å²) in [5.74, 6) is -0.211. The molecule has 1 amide bonds. The number of carbonyl (C=O) groups is 1. The number of carbonyl (C=O) groups excluding carboxylic acids is 1. The molecule has 0 saturated carbocycles. The second-order valence-electron chi connectivity index (χ2n) is 4.27. The minimum Gasteiger partial charge on any atom is -0.393 e. The standard InChI is InChI=1S/C11H20F3N3OS/c1-3-17(8-11(12,13)14)7-5-10(18)16(2)6-4-9(15)19/h3-8H2,1-2H3,(H2,15,19). The van der Waals surface area contributed by atoms with Crippen molar-refractivity contribution in [1.29, 1.82) is 0 Å². The lowest BCUT2D eigenvalue weighted by molar-refractivity contribution is -0.147. The highest BCUT2D eigenvalue weighted by molar-refractivity contribution is 7.80. The van der Waals surface area contributed by atoms with Gasteiger partial charge in [0, 0.05) is 33.0 Å². The molecule has 0 aliphatic rings. The minimum absolute atomic E-state index is 0.0533. The van der Waals surface area contributed by atoms with Gasteiger partial charge in [-0.1, -0.05) is 19.1 Å². The van der Waals surface area contributed by atoms with Gasteiger partial charge >= 0.3 is 6.18 Å². The summed E-state index contributed by atoms with van der Waals surface area (Å²) in [6.07, 6.45) is -3.77. The van der Waals surface area contributed by atoms with Crippen LogP contribution in [0.25, 0.3) is 0 Å². The van der Waals surface area contributed by atoms with Gasteiger partial charge in [0.15, 0.2) is 0 Å². The van der Waals surface area contributed by atoms with E-state index in [1.54, 1.807) is 14.0 Å². The van der Waals surface area contributed by atoms with Gasteiger partial charge in [0.05, 0.1) is 11.5 Å². The van der Waals surface area contributed by atoms with E-state index in [-0.39, 0.29) is 25.4 Å². The van der Waals surface area contributed by atoms with Gasteiger partial charge in [-0.25, -0.2) is 0 Å². The van der Waals surface area contributed by atoms with Gasteiger partial charge in [-0.15, -0.1) is 0 Å². The fourth-order valence-electron chi connectivity index (χ4n) is 1.45. The molecule has 19 heavy (non-hydrogen) atoms. The summed E-state index contributed by atoms with van der Waals surface area (Å²) in [5, 5.41) is 0. The van der Waals surface area contributed by atoms with Gasteiger partial charge in [-0.3, -0.25) is 9.69 Å². The van der Waals surface area contributed by atoms with Crippen LogP contribution >= 0.6 is 12.2 Å². The van der Waals surface area contributed by atoms with Crippen LogP contribution in [-0.4, -0.2) is 60.1 Å². The first-order valence-electron chi connectivity index (χ1n) is 5.97. The highest BCUT2D eigenvalue weighted by atomic mass is 32.1. The molecule has 0 aromatic carbocycles. The molecule has 0 heterocycles. The van der Waals surface area contributed by atoms with E-state index < -0.39 is 12.7 Å². The van der Waals surface area contributed by atoms with Crippen molar-refractivity contribution in [3.8, 4) is 0 Å². The molecule has 0 saturated heterocycles. The second-order valence-corrected chi connectivity index (χ2v) is 4.79. The van der Waals surface area contributed by atoms with Crippen LogP contribution in [0, 0.1) is 0 Å². The predicted octanol–water partition coefficient (Wildman–Crippen LogP) is 1.40. The molecule has 0 bridgehead atoms. The lowest BCUT2D eigenvalue weighted by atomic mass is 10.3. The Morgan fingerprint density at radius 2 is 1.84 bits per heavy atom. The molecule has 0 aliphatic carbocycles. The first kappa shape index (κ1) is 18.1. The Bertz CT molecular complexity index is 310. The van der Waals surface area contributed by atoms with E-state index >= 15 is 0 Å². The van der Waals surface area contributed by atoms with Crippen LogP contribution in [0.3, 0.4) is 0 Å². The minimum atomic E-state index is -4.24. The average molecular weight is 299 g/mol. The van der Waals surface area contributed by atoms with E-state index in [4.69, 9.17) is 18.0 Å². The normalized spacial score (nSPS) is 11.7. The number of nitrogens with two attached hydrogens (primary N) is 1. The molecular formula is C11H20F3N3OS. The quantitative estimate of drug-likeness (QED) is 0.688. The lowest BCUT2D eigenvalue weighted by Crippen LogP contribution is -2.38. The Balaban J connectivity index is 4.08. The number of amides is 1. The maximum absolute atomic E-state index is 12.2. The molecule has 0 spiro atoms. The number of halogens is 3. The highest BCUT2D eigenvalue weighted by Crippen LogP contribution is 2.16.